The van der Waals surface area contributed by atoms with Gasteiger partial charge >= 0.3 is 0 Å². The van der Waals surface area contributed by atoms with Gasteiger partial charge < -0.3 is 0 Å². The lowest BCUT2D eigenvalue weighted by atomic mass is 10.4. The summed E-state index contributed by atoms with van der Waals surface area (Å²) in [6, 6.07) is 0. The average Bonchev–Trinajstić information content (AvgIpc) is 1.98. The van der Waals surface area contributed by atoms with Crippen LogP contribution in [0.2, 0.25) is 0 Å². The standard InChI is InChI=1S/C8H15NO2S/c1-3-4-9-5-6-12(10,11)8(2)7-9/h3,8H,1,4-7H2,2H3. The van der Waals surface area contributed by atoms with Gasteiger partial charge in [0.25, 0.3) is 0 Å². The molecule has 1 saturated heterocycles. The average molecular weight is 189 g/mol. The number of hydrogen-bond donors (Lipinski definition) is 0. The van der Waals surface area contributed by atoms with E-state index in [0.717, 1.165) is 6.54 Å². The fraction of sp³-hybridized carbons (Fsp3) is 0.750. The van der Waals surface area contributed by atoms with Gasteiger partial charge in [0, 0.05) is 19.6 Å². The smallest absolute Gasteiger partial charge is 0.155 e. The number of hydrogen-bond acceptors (Lipinski definition) is 3. The first-order valence-corrected chi connectivity index (χ1v) is 5.82. The second-order valence-corrected chi connectivity index (χ2v) is 5.76. The largest absolute Gasteiger partial charge is 0.297 e. The SMILES string of the molecule is C=CCN1CCS(=O)(=O)C(C)C1. The number of sulfone groups is 1. The topological polar surface area (TPSA) is 37.4 Å². The van der Waals surface area contributed by atoms with Crippen LogP contribution in [-0.4, -0.2) is 44.0 Å². The van der Waals surface area contributed by atoms with E-state index in [-0.39, 0.29) is 5.25 Å². The third-order valence-corrected chi connectivity index (χ3v) is 4.33. The molecule has 1 aliphatic rings. The molecule has 0 amide bonds. The maximum absolute atomic E-state index is 11.3. The van der Waals surface area contributed by atoms with Crippen LogP contribution in [0, 0.1) is 0 Å². The normalized spacial score (nSPS) is 29.9. The molecule has 1 fully saturated rings. The predicted molar refractivity (Wildman–Crippen MR) is 49.9 cm³/mol. The van der Waals surface area contributed by atoms with Gasteiger partial charge in [-0.15, -0.1) is 6.58 Å². The van der Waals surface area contributed by atoms with E-state index < -0.39 is 9.84 Å². The third-order valence-electron chi connectivity index (χ3n) is 2.21. The summed E-state index contributed by atoms with van der Waals surface area (Å²) in [6.07, 6.45) is 1.81. The van der Waals surface area contributed by atoms with Gasteiger partial charge in [-0.05, 0) is 6.92 Å². The quantitative estimate of drug-likeness (QED) is 0.586. The third kappa shape index (κ3) is 2.08. The Labute approximate surface area is 74.0 Å². The van der Waals surface area contributed by atoms with E-state index in [0.29, 0.717) is 18.8 Å². The maximum atomic E-state index is 11.3. The Morgan fingerprint density at radius 2 is 2.33 bits per heavy atom. The van der Waals surface area contributed by atoms with E-state index in [4.69, 9.17) is 0 Å². The molecule has 4 heteroatoms. The fourth-order valence-electron chi connectivity index (χ4n) is 1.37. The first-order valence-electron chi connectivity index (χ1n) is 4.11. The van der Waals surface area contributed by atoms with Crippen molar-refractivity contribution in [1.82, 2.24) is 4.90 Å². The van der Waals surface area contributed by atoms with Crippen molar-refractivity contribution in [2.75, 3.05) is 25.4 Å². The molecule has 1 unspecified atom stereocenters. The highest BCUT2D eigenvalue weighted by molar-refractivity contribution is 7.92. The summed E-state index contributed by atoms with van der Waals surface area (Å²) in [4.78, 5) is 2.11. The van der Waals surface area contributed by atoms with Crippen LogP contribution in [0.1, 0.15) is 6.92 Å². The molecule has 1 atom stereocenters. The predicted octanol–water partition coefficient (Wildman–Crippen LogP) is 0.291. The van der Waals surface area contributed by atoms with Gasteiger partial charge in [-0.2, -0.15) is 0 Å². The molecule has 0 aliphatic carbocycles. The number of nitrogens with zero attached hydrogens (tertiary/aromatic N) is 1. The second-order valence-electron chi connectivity index (χ2n) is 3.23. The Morgan fingerprint density at radius 3 is 2.83 bits per heavy atom. The van der Waals surface area contributed by atoms with Crippen molar-refractivity contribution in [2.45, 2.75) is 12.2 Å². The summed E-state index contributed by atoms with van der Waals surface area (Å²) >= 11 is 0. The Hall–Kier alpha value is -0.350. The molecule has 1 heterocycles. The van der Waals surface area contributed by atoms with Crippen molar-refractivity contribution in [3.8, 4) is 0 Å². The molecule has 0 bridgehead atoms. The van der Waals surface area contributed by atoms with Crippen LogP contribution < -0.4 is 0 Å². The monoisotopic (exact) mass is 189 g/mol. The van der Waals surface area contributed by atoms with Crippen LogP contribution in [0.4, 0.5) is 0 Å². The van der Waals surface area contributed by atoms with Crippen LogP contribution >= 0.6 is 0 Å². The van der Waals surface area contributed by atoms with Crippen molar-refractivity contribution in [3.63, 3.8) is 0 Å². The summed E-state index contributed by atoms with van der Waals surface area (Å²) in [7, 11) is -2.79. The first-order chi connectivity index (χ1) is 5.56. The number of rotatable bonds is 2. The van der Waals surface area contributed by atoms with Gasteiger partial charge in [-0.25, -0.2) is 8.42 Å². The van der Waals surface area contributed by atoms with Gasteiger partial charge in [0.05, 0.1) is 11.0 Å². The zero-order chi connectivity index (χ0) is 9.19. The second kappa shape index (κ2) is 3.58. The van der Waals surface area contributed by atoms with Crippen molar-refractivity contribution >= 4 is 9.84 Å². The van der Waals surface area contributed by atoms with Gasteiger partial charge in [-0.1, -0.05) is 6.08 Å². The van der Waals surface area contributed by atoms with Crippen molar-refractivity contribution in [2.24, 2.45) is 0 Å². The van der Waals surface area contributed by atoms with Gasteiger partial charge in [0.2, 0.25) is 0 Å². The molecule has 70 valence electrons. The Balaban J connectivity index is 2.58. The van der Waals surface area contributed by atoms with Crippen LogP contribution in [0.25, 0.3) is 0 Å². The summed E-state index contributed by atoms with van der Waals surface area (Å²) < 4.78 is 22.6. The minimum atomic E-state index is -2.79. The molecule has 3 nitrogen and oxygen atoms in total. The molecular weight excluding hydrogens is 174 g/mol. The first kappa shape index (κ1) is 9.74. The molecule has 12 heavy (non-hydrogen) atoms. The van der Waals surface area contributed by atoms with Gasteiger partial charge in [0.1, 0.15) is 0 Å². The Kier molecular flexibility index (Phi) is 2.90. The van der Waals surface area contributed by atoms with Crippen LogP contribution in [0.15, 0.2) is 12.7 Å². The molecule has 1 rings (SSSR count). The highest BCUT2D eigenvalue weighted by atomic mass is 32.2. The summed E-state index contributed by atoms with van der Waals surface area (Å²) in [5.74, 6) is 0.294. The van der Waals surface area contributed by atoms with E-state index >= 15 is 0 Å². The molecule has 1 aliphatic heterocycles. The van der Waals surface area contributed by atoms with E-state index in [1.165, 1.54) is 0 Å². The fourth-order valence-corrected chi connectivity index (χ4v) is 2.73. The zero-order valence-electron chi connectivity index (χ0n) is 7.36. The molecular formula is C8H15NO2S. The molecule has 0 saturated carbocycles. The lowest BCUT2D eigenvalue weighted by Crippen LogP contribution is -2.45. The molecule has 0 aromatic carbocycles. The maximum Gasteiger partial charge on any atom is 0.155 e. The van der Waals surface area contributed by atoms with E-state index in [2.05, 4.69) is 11.5 Å². The molecule has 0 aromatic rings. The summed E-state index contributed by atoms with van der Waals surface area (Å²) in [6.45, 7) is 7.48. The van der Waals surface area contributed by atoms with Crippen molar-refractivity contribution in [3.05, 3.63) is 12.7 Å². The van der Waals surface area contributed by atoms with Crippen LogP contribution in [0.3, 0.4) is 0 Å². The lowest BCUT2D eigenvalue weighted by molar-refractivity contribution is 0.306. The van der Waals surface area contributed by atoms with Gasteiger partial charge in [0.15, 0.2) is 9.84 Å². The van der Waals surface area contributed by atoms with Crippen LogP contribution in [0.5, 0.6) is 0 Å². The summed E-state index contributed by atoms with van der Waals surface area (Å²) in [5, 5.41) is -0.216. The van der Waals surface area contributed by atoms with Gasteiger partial charge in [-0.3, -0.25) is 4.90 Å². The Bertz CT molecular complexity index is 258. The molecule has 0 radical (unpaired) electrons. The van der Waals surface area contributed by atoms with Crippen molar-refractivity contribution in [1.29, 1.82) is 0 Å². The highest BCUT2D eigenvalue weighted by Gasteiger charge is 2.28. The van der Waals surface area contributed by atoms with E-state index in [1.54, 1.807) is 6.92 Å². The lowest BCUT2D eigenvalue weighted by Gasteiger charge is -2.29. The zero-order valence-corrected chi connectivity index (χ0v) is 8.18. The molecule has 0 spiro atoms. The molecule has 0 N–H and O–H groups in total. The summed E-state index contributed by atoms with van der Waals surface area (Å²) in [5.41, 5.74) is 0. The Morgan fingerprint density at radius 1 is 1.67 bits per heavy atom. The minimum absolute atomic E-state index is 0.216. The minimum Gasteiger partial charge on any atom is -0.297 e. The van der Waals surface area contributed by atoms with Crippen molar-refractivity contribution < 1.29 is 8.42 Å². The van der Waals surface area contributed by atoms with E-state index in [9.17, 15) is 8.42 Å². The highest BCUT2D eigenvalue weighted by Crippen LogP contribution is 2.11. The molecule has 0 aromatic heterocycles. The van der Waals surface area contributed by atoms with Crippen LogP contribution in [-0.2, 0) is 9.84 Å². The van der Waals surface area contributed by atoms with E-state index in [1.807, 2.05) is 6.08 Å².